The fourth-order valence-corrected chi connectivity index (χ4v) is 2.79. The minimum absolute atomic E-state index is 0.147. The second-order valence-corrected chi connectivity index (χ2v) is 5.56. The Balaban J connectivity index is 1.71. The molecule has 1 atom stereocenters. The Labute approximate surface area is 139 Å². The summed E-state index contributed by atoms with van der Waals surface area (Å²) in [4.78, 5) is 26.1. The molecule has 3 rings (SSSR count). The summed E-state index contributed by atoms with van der Waals surface area (Å²) < 4.78 is 18.5. The molecule has 0 bridgehead atoms. The summed E-state index contributed by atoms with van der Waals surface area (Å²) in [5.74, 6) is -0.375. The van der Waals surface area contributed by atoms with Crippen LogP contribution in [0, 0.1) is 5.82 Å². The van der Waals surface area contributed by atoms with Crippen LogP contribution in [-0.2, 0) is 4.79 Å². The number of carbonyl (C=O) groups excluding carboxylic acids is 2. The average molecular weight is 328 g/mol. The van der Waals surface area contributed by atoms with E-state index in [1.807, 2.05) is 0 Å². The standard InChI is InChI=1S/C18H17FN2O3/c1-24-16-8-3-2-7-15(16)18(23)20-13-10-17(22)21(11-13)14-6-4-5-12(19)9-14/h2-9,13H,10-11H2,1H3,(H,20,23)/t13-/m1/s1. The van der Waals surface area contributed by atoms with Crippen molar-refractivity contribution in [2.75, 3.05) is 18.6 Å². The molecule has 1 heterocycles. The van der Waals surface area contributed by atoms with Gasteiger partial charge in [-0.2, -0.15) is 0 Å². The lowest BCUT2D eigenvalue weighted by Crippen LogP contribution is -2.37. The number of anilines is 1. The fraction of sp³-hybridized carbons (Fsp3) is 0.222. The van der Waals surface area contributed by atoms with E-state index in [9.17, 15) is 14.0 Å². The molecule has 2 aromatic rings. The number of rotatable bonds is 4. The van der Waals surface area contributed by atoms with Crippen LogP contribution in [0.4, 0.5) is 10.1 Å². The summed E-state index contributed by atoms with van der Waals surface area (Å²) in [6.07, 6.45) is 0.178. The Morgan fingerprint density at radius 3 is 2.79 bits per heavy atom. The zero-order valence-corrected chi connectivity index (χ0v) is 13.2. The van der Waals surface area contributed by atoms with Crippen molar-refractivity contribution in [3.63, 3.8) is 0 Å². The maximum absolute atomic E-state index is 13.3. The fourth-order valence-electron chi connectivity index (χ4n) is 2.79. The van der Waals surface area contributed by atoms with Gasteiger partial charge in [0.2, 0.25) is 5.91 Å². The Morgan fingerprint density at radius 2 is 2.04 bits per heavy atom. The van der Waals surface area contributed by atoms with Crippen molar-refractivity contribution in [3.8, 4) is 5.75 Å². The third-order valence-electron chi connectivity index (χ3n) is 3.93. The van der Waals surface area contributed by atoms with Gasteiger partial charge in [-0.25, -0.2) is 4.39 Å². The highest BCUT2D eigenvalue weighted by Crippen LogP contribution is 2.23. The van der Waals surface area contributed by atoms with Gasteiger partial charge in [-0.1, -0.05) is 18.2 Å². The average Bonchev–Trinajstić information content (AvgIpc) is 2.95. The lowest BCUT2D eigenvalue weighted by atomic mass is 10.1. The van der Waals surface area contributed by atoms with E-state index in [2.05, 4.69) is 5.32 Å². The third-order valence-corrected chi connectivity index (χ3v) is 3.93. The molecular formula is C18H17FN2O3. The van der Waals surface area contributed by atoms with Gasteiger partial charge in [-0.15, -0.1) is 0 Å². The molecule has 5 nitrogen and oxygen atoms in total. The summed E-state index contributed by atoms with van der Waals surface area (Å²) in [5, 5.41) is 2.84. The Kier molecular flexibility index (Phi) is 4.46. The smallest absolute Gasteiger partial charge is 0.255 e. The lowest BCUT2D eigenvalue weighted by molar-refractivity contribution is -0.117. The maximum Gasteiger partial charge on any atom is 0.255 e. The molecule has 0 aliphatic carbocycles. The molecule has 124 valence electrons. The molecule has 24 heavy (non-hydrogen) atoms. The monoisotopic (exact) mass is 328 g/mol. The first-order chi connectivity index (χ1) is 11.6. The molecule has 0 saturated carbocycles. The molecular weight excluding hydrogens is 311 g/mol. The highest BCUT2D eigenvalue weighted by atomic mass is 19.1. The minimum atomic E-state index is -0.401. The second kappa shape index (κ2) is 6.70. The first kappa shape index (κ1) is 16.0. The predicted molar refractivity (Wildman–Crippen MR) is 87.6 cm³/mol. The van der Waals surface area contributed by atoms with Crippen molar-refractivity contribution >= 4 is 17.5 Å². The summed E-state index contributed by atoms with van der Waals surface area (Å²) >= 11 is 0. The molecule has 0 spiro atoms. The van der Waals surface area contributed by atoms with Crippen molar-refractivity contribution < 1.29 is 18.7 Å². The molecule has 2 amide bonds. The number of methoxy groups -OCH3 is 1. The van der Waals surface area contributed by atoms with E-state index < -0.39 is 5.82 Å². The quantitative estimate of drug-likeness (QED) is 0.937. The van der Waals surface area contributed by atoms with Crippen LogP contribution in [0.25, 0.3) is 0 Å². The topological polar surface area (TPSA) is 58.6 Å². The van der Waals surface area contributed by atoms with Gasteiger partial charge in [0.15, 0.2) is 0 Å². The van der Waals surface area contributed by atoms with Crippen LogP contribution in [0.15, 0.2) is 48.5 Å². The number of nitrogens with one attached hydrogen (secondary N) is 1. The molecule has 0 radical (unpaired) electrons. The zero-order chi connectivity index (χ0) is 17.1. The van der Waals surface area contributed by atoms with Gasteiger partial charge < -0.3 is 15.0 Å². The van der Waals surface area contributed by atoms with E-state index in [1.54, 1.807) is 36.4 Å². The first-order valence-electron chi connectivity index (χ1n) is 7.58. The lowest BCUT2D eigenvalue weighted by Gasteiger charge is -2.17. The predicted octanol–water partition coefficient (Wildman–Crippen LogP) is 2.37. The van der Waals surface area contributed by atoms with E-state index >= 15 is 0 Å². The normalized spacial score (nSPS) is 17.0. The minimum Gasteiger partial charge on any atom is -0.496 e. The van der Waals surface area contributed by atoms with E-state index in [1.165, 1.54) is 24.1 Å². The van der Waals surface area contributed by atoms with Gasteiger partial charge in [-0.3, -0.25) is 9.59 Å². The van der Waals surface area contributed by atoms with E-state index in [0.29, 0.717) is 23.5 Å². The van der Waals surface area contributed by atoms with Crippen molar-refractivity contribution in [2.24, 2.45) is 0 Å². The number of halogens is 1. The summed E-state index contributed by atoms with van der Waals surface area (Å²) in [5.41, 5.74) is 0.908. The number of carbonyl (C=O) groups is 2. The Hall–Kier alpha value is -2.89. The Bertz CT molecular complexity index is 778. The summed E-state index contributed by atoms with van der Waals surface area (Å²) in [6.45, 7) is 0.309. The SMILES string of the molecule is COc1ccccc1C(=O)N[C@@H]1CC(=O)N(c2cccc(F)c2)C1. The highest BCUT2D eigenvalue weighted by Gasteiger charge is 2.32. The van der Waals surface area contributed by atoms with Crippen LogP contribution in [0.1, 0.15) is 16.8 Å². The van der Waals surface area contributed by atoms with Crippen LogP contribution in [0.2, 0.25) is 0 Å². The number of para-hydroxylation sites is 1. The molecule has 1 aliphatic heterocycles. The van der Waals surface area contributed by atoms with Crippen LogP contribution in [0.3, 0.4) is 0 Å². The summed E-state index contributed by atoms with van der Waals surface area (Å²) in [6, 6.07) is 12.4. The van der Waals surface area contributed by atoms with Gasteiger partial charge in [0, 0.05) is 18.7 Å². The largest absolute Gasteiger partial charge is 0.496 e. The van der Waals surface area contributed by atoms with Crippen LogP contribution < -0.4 is 15.0 Å². The number of hydrogen-bond acceptors (Lipinski definition) is 3. The van der Waals surface area contributed by atoms with Crippen LogP contribution >= 0.6 is 0 Å². The summed E-state index contributed by atoms with van der Waals surface area (Å²) in [7, 11) is 1.50. The van der Waals surface area contributed by atoms with Gasteiger partial charge in [0.25, 0.3) is 5.91 Å². The first-order valence-corrected chi connectivity index (χ1v) is 7.58. The van der Waals surface area contributed by atoms with Gasteiger partial charge in [0.1, 0.15) is 11.6 Å². The number of amides is 2. The van der Waals surface area contributed by atoms with Crippen molar-refractivity contribution in [2.45, 2.75) is 12.5 Å². The molecule has 1 saturated heterocycles. The van der Waals surface area contributed by atoms with E-state index in [4.69, 9.17) is 4.74 Å². The molecule has 0 aromatic heterocycles. The second-order valence-electron chi connectivity index (χ2n) is 5.56. The van der Waals surface area contributed by atoms with Crippen molar-refractivity contribution in [1.29, 1.82) is 0 Å². The van der Waals surface area contributed by atoms with Crippen molar-refractivity contribution in [3.05, 3.63) is 59.9 Å². The zero-order valence-electron chi connectivity index (χ0n) is 13.2. The third kappa shape index (κ3) is 3.22. The number of ether oxygens (including phenoxy) is 1. The van der Waals surface area contributed by atoms with E-state index in [0.717, 1.165) is 0 Å². The maximum atomic E-state index is 13.3. The highest BCUT2D eigenvalue weighted by molar-refractivity contribution is 6.00. The number of hydrogen-bond donors (Lipinski definition) is 1. The molecule has 0 unspecified atom stereocenters. The van der Waals surface area contributed by atoms with E-state index in [-0.39, 0.29) is 24.3 Å². The van der Waals surface area contributed by atoms with Gasteiger partial charge in [-0.05, 0) is 30.3 Å². The van der Waals surface area contributed by atoms with Crippen LogP contribution in [0.5, 0.6) is 5.75 Å². The molecule has 1 N–H and O–H groups in total. The molecule has 2 aromatic carbocycles. The number of benzene rings is 2. The Morgan fingerprint density at radius 1 is 1.25 bits per heavy atom. The van der Waals surface area contributed by atoms with Crippen LogP contribution in [-0.4, -0.2) is 31.5 Å². The van der Waals surface area contributed by atoms with Crippen molar-refractivity contribution in [1.82, 2.24) is 5.32 Å². The molecule has 6 heteroatoms. The number of nitrogens with zero attached hydrogens (tertiary/aromatic N) is 1. The van der Waals surface area contributed by atoms with Gasteiger partial charge in [0.05, 0.1) is 18.7 Å². The van der Waals surface area contributed by atoms with Gasteiger partial charge >= 0.3 is 0 Å². The molecule has 1 aliphatic rings. The molecule has 1 fully saturated rings.